The molecule has 5 heteroatoms. The van der Waals surface area contributed by atoms with Crippen molar-refractivity contribution in [2.24, 2.45) is 0 Å². The fourth-order valence-corrected chi connectivity index (χ4v) is 1.25. The van der Waals surface area contributed by atoms with Crippen molar-refractivity contribution in [2.75, 3.05) is 19.6 Å². The number of aromatic nitrogens is 1. The summed E-state index contributed by atoms with van der Waals surface area (Å²) in [6.07, 6.45) is 2.33. The molecule has 0 aliphatic rings. The van der Waals surface area contributed by atoms with Gasteiger partial charge in [-0.2, -0.15) is 0 Å². The number of amides is 1. The molecule has 88 valence electrons. The van der Waals surface area contributed by atoms with Gasteiger partial charge in [0.1, 0.15) is 5.75 Å². The molecule has 16 heavy (non-hydrogen) atoms. The normalized spacial score (nSPS) is 10.1. The van der Waals surface area contributed by atoms with E-state index in [2.05, 4.69) is 15.6 Å². The van der Waals surface area contributed by atoms with E-state index >= 15 is 0 Å². The van der Waals surface area contributed by atoms with Gasteiger partial charge in [0.2, 0.25) is 0 Å². The smallest absolute Gasteiger partial charge is 0.273 e. The van der Waals surface area contributed by atoms with Crippen LogP contribution in [-0.2, 0) is 0 Å². The Balaban J connectivity index is 2.33. The van der Waals surface area contributed by atoms with Gasteiger partial charge in [-0.25, -0.2) is 4.98 Å². The first kappa shape index (κ1) is 12.4. The summed E-state index contributed by atoms with van der Waals surface area (Å²) in [7, 11) is 0. The Morgan fingerprint density at radius 2 is 2.31 bits per heavy atom. The molecule has 0 saturated carbocycles. The topological polar surface area (TPSA) is 74.2 Å². The van der Waals surface area contributed by atoms with Crippen molar-refractivity contribution in [3.8, 4) is 5.75 Å². The molecule has 0 spiro atoms. The molecule has 0 fully saturated rings. The van der Waals surface area contributed by atoms with E-state index < -0.39 is 0 Å². The molecular formula is C11H17N3O2. The third-order valence-electron chi connectivity index (χ3n) is 2.07. The molecule has 0 radical (unpaired) electrons. The van der Waals surface area contributed by atoms with Crippen LogP contribution in [0.25, 0.3) is 0 Å². The van der Waals surface area contributed by atoms with Gasteiger partial charge in [-0.1, -0.05) is 6.92 Å². The zero-order valence-electron chi connectivity index (χ0n) is 9.36. The second kappa shape index (κ2) is 6.79. The van der Waals surface area contributed by atoms with Crippen molar-refractivity contribution in [3.05, 3.63) is 24.0 Å². The van der Waals surface area contributed by atoms with Gasteiger partial charge < -0.3 is 15.7 Å². The lowest BCUT2D eigenvalue weighted by Crippen LogP contribution is -2.27. The Labute approximate surface area is 94.9 Å². The summed E-state index contributed by atoms with van der Waals surface area (Å²) in [6, 6.07) is 3.03. The largest absolute Gasteiger partial charge is 0.505 e. The molecule has 0 aromatic carbocycles. The van der Waals surface area contributed by atoms with Crippen LogP contribution in [0.5, 0.6) is 5.75 Å². The predicted octanol–water partition coefficient (Wildman–Crippen LogP) is 0.517. The van der Waals surface area contributed by atoms with Gasteiger partial charge in [0.05, 0.1) is 0 Å². The summed E-state index contributed by atoms with van der Waals surface area (Å²) in [6.45, 7) is 4.40. The molecule has 1 amide bonds. The quantitative estimate of drug-likeness (QED) is 0.614. The minimum absolute atomic E-state index is 0.0750. The van der Waals surface area contributed by atoms with Gasteiger partial charge in [0.15, 0.2) is 5.69 Å². The average molecular weight is 223 g/mol. The summed E-state index contributed by atoms with van der Waals surface area (Å²) < 4.78 is 0. The number of pyridine rings is 1. The minimum atomic E-state index is -0.338. The van der Waals surface area contributed by atoms with Crippen molar-refractivity contribution < 1.29 is 9.90 Å². The summed E-state index contributed by atoms with van der Waals surface area (Å²) in [5.41, 5.74) is 0.0750. The van der Waals surface area contributed by atoms with E-state index in [1.54, 1.807) is 6.07 Å². The molecule has 5 nitrogen and oxygen atoms in total. The Bertz CT molecular complexity index is 342. The van der Waals surface area contributed by atoms with Gasteiger partial charge >= 0.3 is 0 Å². The van der Waals surface area contributed by atoms with Gasteiger partial charge in [0.25, 0.3) is 5.91 Å². The van der Waals surface area contributed by atoms with Crippen molar-refractivity contribution in [1.29, 1.82) is 0 Å². The van der Waals surface area contributed by atoms with E-state index in [0.29, 0.717) is 6.54 Å². The molecular weight excluding hydrogens is 206 g/mol. The van der Waals surface area contributed by atoms with Crippen molar-refractivity contribution in [1.82, 2.24) is 15.6 Å². The van der Waals surface area contributed by atoms with Gasteiger partial charge in [-0.3, -0.25) is 4.79 Å². The SMILES string of the molecule is CCNCCCNC(=O)c1ncccc1O. The van der Waals surface area contributed by atoms with Crippen LogP contribution in [0, 0.1) is 0 Å². The number of hydrogen-bond acceptors (Lipinski definition) is 4. The second-order valence-corrected chi connectivity index (χ2v) is 3.33. The number of nitrogens with zero attached hydrogens (tertiary/aromatic N) is 1. The van der Waals surface area contributed by atoms with Crippen LogP contribution in [0.2, 0.25) is 0 Å². The van der Waals surface area contributed by atoms with Crippen molar-refractivity contribution >= 4 is 5.91 Å². The van der Waals surface area contributed by atoms with Gasteiger partial charge in [-0.15, -0.1) is 0 Å². The highest BCUT2D eigenvalue weighted by molar-refractivity contribution is 5.94. The van der Waals surface area contributed by atoms with E-state index in [0.717, 1.165) is 19.5 Å². The Hall–Kier alpha value is -1.62. The molecule has 1 aromatic heterocycles. The molecule has 0 atom stereocenters. The molecule has 0 bridgehead atoms. The molecule has 0 aliphatic carbocycles. The van der Waals surface area contributed by atoms with Crippen molar-refractivity contribution in [2.45, 2.75) is 13.3 Å². The lowest BCUT2D eigenvalue weighted by atomic mass is 10.3. The Morgan fingerprint density at radius 1 is 1.50 bits per heavy atom. The molecule has 0 unspecified atom stereocenters. The minimum Gasteiger partial charge on any atom is -0.505 e. The van der Waals surface area contributed by atoms with Crippen LogP contribution in [0.1, 0.15) is 23.8 Å². The zero-order chi connectivity index (χ0) is 11.8. The first-order valence-electron chi connectivity index (χ1n) is 5.38. The van der Waals surface area contributed by atoms with Crippen LogP contribution in [0.3, 0.4) is 0 Å². The number of aromatic hydroxyl groups is 1. The third kappa shape index (κ3) is 3.86. The average Bonchev–Trinajstić information content (AvgIpc) is 2.29. The first-order valence-corrected chi connectivity index (χ1v) is 5.38. The highest BCUT2D eigenvalue weighted by Crippen LogP contribution is 2.11. The third-order valence-corrected chi connectivity index (χ3v) is 2.07. The Kier molecular flexibility index (Phi) is 5.28. The lowest BCUT2D eigenvalue weighted by Gasteiger charge is -2.05. The summed E-state index contributed by atoms with van der Waals surface area (Å²) in [5.74, 6) is -0.429. The van der Waals surface area contributed by atoms with E-state index in [-0.39, 0.29) is 17.4 Å². The van der Waals surface area contributed by atoms with Gasteiger partial charge in [-0.05, 0) is 31.6 Å². The van der Waals surface area contributed by atoms with Gasteiger partial charge in [0, 0.05) is 12.7 Å². The maximum Gasteiger partial charge on any atom is 0.273 e. The maximum absolute atomic E-state index is 11.5. The van der Waals surface area contributed by atoms with E-state index in [1.807, 2.05) is 6.92 Å². The van der Waals surface area contributed by atoms with E-state index in [9.17, 15) is 9.90 Å². The Morgan fingerprint density at radius 3 is 3.00 bits per heavy atom. The highest BCUT2D eigenvalue weighted by atomic mass is 16.3. The molecule has 3 N–H and O–H groups in total. The number of nitrogens with one attached hydrogen (secondary N) is 2. The number of carbonyl (C=O) groups is 1. The fraction of sp³-hybridized carbons (Fsp3) is 0.455. The predicted molar refractivity (Wildman–Crippen MR) is 61.4 cm³/mol. The van der Waals surface area contributed by atoms with Crippen LogP contribution in [0.15, 0.2) is 18.3 Å². The van der Waals surface area contributed by atoms with E-state index in [1.165, 1.54) is 12.3 Å². The molecule has 1 rings (SSSR count). The summed E-state index contributed by atoms with van der Waals surface area (Å²) in [5, 5.41) is 15.2. The van der Waals surface area contributed by atoms with Crippen LogP contribution in [0.4, 0.5) is 0 Å². The fourth-order valence-electron chi connectivity index (χ4n) is 1.25. The molecule has 0 saturated heterocycles. The van der Waals surface area contributed by atoms with Crippen LogP contribution in [-0.4, -0.2) is 35.6 Å². The zero-order valence-corrected chi connectivity index (χ0v) is 9.36. The molecule has 1 aromatic rings. The standard InChI is InChI=1S/C11H17N3O2/c1-2-12-6-4-8-14-11(16)10-9(15)5-3-7-13-10/h3,5,7,12,15H,2,4,6,8H2,1H3,(H,14,16). The van der Waals surface area contributed by atoms with E-state index in [4.69, 9.17) is 0 Å². The number of rotatable bonds is 6. The summed E-state index contributed by atoms with van der Waals surface area (Å²) >= 11 is 0. The molecule has 1 heterocycles. The highest BCUT2D eigenvalue weighted by Gasteiger charge is 2.10. The molecule has 0 aliphatic heterocycles. The lowest BCUT2D eigenvalue weighted by molar-refractivity contribution is 0.0945. The van der Waals surface area contributed by atoms with Crippen molar-refractivity contribution in [3.63, 3.8) is 0 Å². The second-order valence-electron chi connectivity index (χ2n) is 3.33. The van der Waals surface area contributed by atoms with Crippen LogP contribution < -0.4 is 10.6 Å². The number of hydrogen-bond donors (Lipinski definition) is 3. The summed E-state index contributed by atoms with van der Waals surface area (Å²) in [4.78, 5) is 15.4. The van der Waals surface area contributed by atoms with Crippen LogP contribution >= 0.6 is 0 Å². The number of carbonyl (C=O) groups excluding carboxylic acids is 1. The maximum atomic E-state index is 11.5. The monoisotopic (exact) mass is 223 g/mol. The first-order chi connectivity index (χ1) is 7.75.